The number of carboxylic acids is 1. The zero-order valence-corrected chi connectivity index (χ0v) is 14.2. The smallest absolute Gasteiger partial charge is 0.335 e. The molecule has 1 saturated carbocycles. The van der Waals surface area contributed by atoms with Gasteiger partial charge in [-0.05, 0) is 36.1 Å². The number of rotatable bonds is 4. The van der Waals surface area contributed by atoms with Gasteiger partial charge in [0.15, 0.2) is 0 Å². The molecule has 2 atom stereocenters. The normalized spacial score (nSPS) is 25.6. The molecule has 0 aliphatic heterocycles. The number of benzene rings is 1. The van der Waals surface area contributed by atoms with Crippen LogP contribution in [0.25, 0.3) is 0 Å². The van der Waals surface area contributed by atoms with Crippen molar-refractivity contribution < 1.29 is 24.3 Å². The minimum Gasteiger partial charge on any atom is -0.478 e. The first kappa shape index (κ1) is 17.8. The number of hydrogen-bond acceptors (Lipinski definition) is 4. The van der Waals surface area contributed by atoms with Crippen molar-refractivity contribution in [2.75, 3.05) is 5.32 Å². The number of aromatic carboxylic acids is 1. The van der Waals surface area contributed by atoms with Crippen molar-refractivity contribution in [3.05, 3.63) is 29.8 Å². The summed E-state index contributed by atoms with van der Waals surface area (Å²) < 4.78 is 0. The van der Waals surface area contributed by atoms with Gasteiger partial charge in [-0.2, -0.15) is 0 Å². The van der Waals surface area contributed by atoms with Gasteiger partial charge >= 0.3 is 5.97 Å². The van der Waals surface area contributed by atoms with Gasteiger partial charge < -0.3 is 10.4 Å². The second kappa shape index (κ2) is 5.85. The third-order valence-electron chi connectivity index (χ3n) is 5.49. The summed E-state index contributed by atoms with van der Waals surface area (Å²) in [6.45, 7) is 6.92. The highest BCUT2D eigenvalue weighted by Crippen LogP contribution is 2.54. The molecule has 24 heavy (non-hydrogen) atoms. The first-order valence-electron chi connectivity index (χ1n) is 7.83. The van der Waals surface area contributed by atoms with Gasteiger partial charge in [-0.25, -0.2) is 4.79 Å². The molecule has 6 nitrogen and oxygen atoms in total. The number of carboxylic acid groups (broad SMARTS) is 1. The summed E-state index contributed by atoms with van der Waals surface area (Å²) in [5.41, 5.74) is -1.75. The maximum Gasteiger partial charge on any atom is 0.335 e. The highest BCUT2D eigenvalue weighted by molar-refractivity contribution is 6.47. The second-order valence-corrected chi connectivity index (χ2v) is 6.73. The molecule has 1 aromatic carbocycles. The van der Waals surface area contributed by atoms with E-state index in [1.54, 1.807) is 27.7 Å². The lowest BCUT2D eigenvalue weighted by Crippen LogP contribution is -2.49. The molecule has 0 bridgehead atoms. The molecule has 1 fully saturated rings. The quantitative estimate of drug-likeness (QED) is 0.652. The lowest BCUT2D eigenvalue weighted by atomic mass is 9.62. The van der Waals surface area contributed by atoms with Crippen LogP contribution in [0.2, 0.25) is 0 Å². The molecular weight excluding hydrogens is 310 g/mol. The molecule has 1 aromatic rings. The molecule has 2 N–H and O–H groups in total. The predicted molar refractivity (Wildman–Crippen MR) is 87.7 cm³/mol. The number of hydrogen-bond donors (Lipinski definition) is 2. The maximum absolute atomic E-state index is 12.9. The van der Waals surface area contributed by atoms with Crippen LogP contribution in [-0.2, 0) is 14.4 Å². The van der Waals surface area contributed by atoms with E-state index in [-0.39, 0.29) is 12.0 Å². The van der Waals surface area contributed by atoms with Crippen molar-refractivity contribution in [3.8, 4) is 0 Å². The molecule has 0 aromatic heterocycles. The summed E-state index contributed by atoms with van der Waals surface area (Å²) in [6, 6.07) is 5.66. The van der Waals surface area contributed by atoms with Crippen molar-refractivity contribution in [2.45, 2.75) is 34.1 Å². The number of nitrogens with one attached hydrogen (secondary N) is 1. The van der Waals surface area contributed by atoms with Gasteiger partial charge in [-0.3, -0.25) is 14.4 Å². The first-order chi connectivity index (χ1) is 11.1. The van der Waals surface area contributed by atoms with Gasteiger partial charge in [0.05, 0.1) is 5.56 Å². The maximum atomic E-state index is 12.9. The van der Waals surface area contributed by atoms with E-state index in [4.69, 9.17) is 5.11 Å². The Morgan fingerprint density at radius 2 is 1.71 bits per heavy atom. The summed E-state index contributed by atoms with van der Waals surface area (Å²) in [5.74, 6) is -3.30. The lowest BCUT2D eigenvalue weighted by molar-refractivity contribution is -0.146. The molecule has 0 saturated heterocycles. The van der Waals surface area contributed by atoms with Gasteiger partial charge in [-0.15, -0.1) is 0 Å². The van der Waals surface area contributed by atoms with Crippen LogP contribution in [0.1, 0.15) is 44.5 Å². The highest BCUT2D eigenvalue weighted by atomic mass is 16.4. The molecule has 6 heteroatoms. The van der Waals surface area contributed by atoms with Gasteiger partial charge in [0.2, 0.25) is 17.5 Å². The Balaban J connectivity index is 2.37. The Hall–Kier alpha value is -2.50. The van der Waals surface area contributed by atoms with Crippen molar-refractivity contribution in [3.63, 3.8) is 0 Å². The number of carbonyl (C=O) groups is 4. The number of anilines is 1. The first-order valence-corrected chi connectivity index (χ1v) is 7.83. The van der Waals surface area contributed by atoms with Crippen LogP contribution in [-0.4, -0.2) is 28.5 Å². The Labute approximate surface area is 140 Å². The molecular formula is C18H21NO5. The average Bonchev–Trinajstić information content (AvgIpc) is 2.66. The second-order valence-electron chi connectivity index (χ2n) is 6.73. The Kier molecular flexibility index (Phi) is 4.35. The number of amides is 1. The van der Waals surface area contributed by atoms with Crippen LogP contribution in [0.4, 0.5) is 5.69 Å². The monoisotopic (exact) mass is 331 g/mol. The molecule has 0 heterocycles. The molecule has 128 valence electrons. The fraction of sp³-hybridized carbons (Fsp3) is 0.444. The van der Waals surface area contributed by atoms with Crippen LogP contribution in [0.3, 0.4) is 0 Å². The SMILES string of the molecule is CCC1(C(=O)Nc2ccc(C(=O)O)cc2)C(=O)C(=O)C(C)C1(C)C. The molecule has 1 aliphatic carbocycles. The molecule has 2 rings (SSSR count). The van der Waals surface area contributed by atoms with E-state index in [9.17, 15) is 19.2 Å². The van der Waals surface area contributed by atoms with Crippen LogP contribution in [0, 0.1) is 16.7 Å². The van der Waals surface area contributed by atoms with Crippen LogP contribution in [0.15, 0.2) is 24.3 Å². The number of carbonyl (C=O) groups excluding carboxylic acids is 3. The van der Waals surface area contributed by atoms with Gasteiger partial charge in [0.25, 0.3) is 0 Å². The predicted octanol–water partition coefficient (Wildman–Crippen LogP) is 2.53. The molecule has 0 radical (unpaired) electrons. The highest BCUT2D eigenvalue weighted by Gasteiger charge is 2.66. The minimum atomic E-state index is -1.42. The van der Waals surface area contributed by atoms with E-state index < -0.39 is 40.2 Å². The van der Waals surface area contributed by atoms with Crippen molar-refractivity contribution in [2.24, 2.45) is 16.7 Å². The molecule has 1 aliphatic rings. The Morgan fingerprint density at radius 3 is 2.08 bits per heavy atom. The van der Waals surface area contributed by atoms with Crippen LogP contribution < -0.4 is 5.32 Å². The van der Waals surface area contributed by atoms with E-state index in [2.05, 4.69) is 5.32 Å². The summed E-state index contributed by atoms with van der Waals surface area (Å²) in [4.78, 5) is 48.5. The fourth-order valence-corrected chi connectivity index (χ4v) is 3.50. The third-order valence-corrected chi connectivity index (χ3v) is 5.49. The number of Topliss-reactive ketones (excluding diaryl/α,β-unsaturated/α-hetero) is 2. The molecule has 0 spiro atoms. The van der Waals surface area contributed by atoms with Crippen molar-refractivity contribution in [1.29, 1.82) is 0 Å². The largest absolute Gasteiger partial charge is 0.478 e. The van der Waals surface area contributed by atoms with E-state index in [1.807, 2.05) is 0 Å². The third kappa shape index (κ3) is 2.33. The summed E-state index contributed by atoms with van der Waals surface area (Å²) in [5, 5.41) is 11.6. The zero-order chi connectivity index (χ0) is 18.3. The topological polar surface area (TPSA) is 101 Å². The fourth-order valence-electron chi connectivity index (χ4n) is 3.50. The molecule has 1 amide bonds. The summed E-state index contributed by atoms with van der Waals surface area (Å²) in [6.07, 6.45) is 0.216. The van der Waals surface area contributed by atoms with Crippen LogP contribution >= 0.6 is 0 Å². The van der Waals surface area contributed by atoms with E-state index in [0.717, 1.165) is 0 Å². The molecule has 2 unspecified atom stereocenters. The summed E-state index contributed by atoms with van der Waals surface area (Å²) in [7, 11) is 0. The van der Waals surface area contributed by atoms with Gasteiger partial charge in [0.1, 0.15) is 5.41 Å². The summed E-state index contributed by atoms with van der Waals surface area (Å²) >= 11 is 0. The lowest BCUT2D eigenvalue weighted by Gasteiger charge is -2.39. The minimum absolute atomic E-state index is 0.0966. The average molecular weight is 331 g/mol. The van der Waals surface area contributed by atoms with Crippen molar-refractivity contribution in [1.82, 2.24) is 0 Å². The van der Waals surface area contributed by atoms with E-state index in [1.165, 1.54) is 24.3 Å². The van der Waals surface area contributed by atoms with E-state index >= 15 is 0 Å². The zero-order valence-electron chi connectivity index (χ0n) is 14.2. The van der Waals surface area contributed by atoms with Gasteiger partial charge in [-0.1, -0.05) is 27.7 Å². The van der Waals surface area contributed by atoms with E-state index in [0.29, 0.717) is 5.69 Å². The van der Waals surface area contributed by atoms with Crippen LogP contribution in [0.5, 0.6) is 0 Å². The number of ketones is 2. The Morgan fingerprint density at radius 1 is 1.17 bits per heavy atom. The van der Waals surface area contributed by atoms with Gasteiger partial charge in [0, 0.05) is 11.6 Å². The Bertz CT molecular complexity index is 719. The standard InChI is InChI=1S/C18H21NO5/c1-5-18(14(21)13(20)10(2)17(18,3)4)16(24)19-12-8-6-11(7-9-12)15(22)23/h6-10H,5H2,1-4H3,(H,19,24)(H,22,23). The van der Waals surface area contributed by atoms with Crippen molar-refractivity contribution >= 4 is 29.1 Å².